The van der Waals surface area contributed by atoms with Crippen molar-refractivity contribution < 1.29 is 28.6 Å². The summed E-state index contributed by atoms with van der Waals surface area (Å²) in [6.07, 6.45) is 5.05. The topological polar surface area (TPSA) is 126 Å². The standard InChI is InChI=1S/C28H32N4O6S/c1-17-12-21(26(38-17)19-5-6-23(29-15-19)32-9-3-4-24(32)33)22-16-39-28(30-22)31(2)27(36)20(14-25(34)35)13-18-7-10-37-11-8-18/h5-6,12,15-16,18,20H,3-4,7-11,13-14H2,1-2H3,(H,34,35). The molecule has 10 nitrogen and oxygen atoms in total. The maximum Gasteiger partial charge on any atom is 0.304 e. The van der Waals surface area contributed by atoms with Gasteiger partial charge in [0.2, 0.25) is 11.8 Å². The maximum absolute atomic E-state index is 13.4. The third-order valence-corrected chi connectivity index (χ3v) is 8.25. The highest BCUT2D eigenvalue weighted by atomic mass is 32.1. The highest BCUT2D eigenvalue weighted by molar-refractivity contribution is 7.14. The monoisotopic (exact) mass is 552 g/mol. The first-order valence-corrected chi connectivity index (χ1v) is 14.1. The number of pyridine rings is 1. The summed E-state index contributed by atoms with van der Waals surface area (Å²) in [6, 6.07) is 5.60. The van der Waals surface area contributed by atoms with Crippen LogP contribution in [0, 0.1) is 18.8 Å². The number of hydrogen-bond donors (Lipinski definition) is 1. The van der Waals surface area contributed by atoms with Crippen LogP contribution in [-0.2, 0) is 19.1 Å². The molecular formula is C28H32N4O6S. The molecule has 1 unspecified atom stereocenters. The minimum atomic E-state index is -0.985. The molecule has 3 aromatic heterocycles. The van der Waals surface area contributed by atoms with Gasteiger partial charge in [0.15, 0.2) is 5.13 Å². The van der Waals surface area contributed by atoms with Crippen molar-refractivity contribution in [1.29, 1.82) is 0 Å². The summed E-state index contributed by atoms with van der Waals surface area (Å²) in [7, 11) is 1.65. The van der Waals surface area contributed by atoms with E-state index in [-0.39, 0.29) is 24.2 Å². The molecule has 0 saturated carbocycles. The van der Waals surface area contributed by atoms with Crippen molar-refractivity contribution in [3.05, 3.63) is 35.5 Å². The number of carboxylic acids is 1. The van der Waals surface area contributed by atoms with Crippen LogP contribution in [0.1, 0.15) is 44.3 Å². The average Bonchev–Trinajstić information content (AvgIpc) is 3.68. The number of amides is 2. The third kappa shape index (κ3) is 6.04. The Hall–Kier alpha value is -3.57. The van der Waals surface area contributed by atoms with E-state index in [9.17, 15) is 19.5 Å². The minimum Gasteiger partial charge on any atom is -0.481 e. The lowest BCUT2D eigenvalue weighted by molar-refractivity contribution is -0.141. The number of nitrogens with zero attached hydrogens (tertiary/aromatic N) is 4. The molecule has 5 rings (SSSR count). The lowest BCUT2D eigenvalue weighted by Crippen LogP contribution is -2.35. The van der Waals surface area contributed by atoms with Gasteiger partial charge in [-0.25, -0.2) is 9.97 Å². The van der Waals surface area contributed by atoms with Crippen molar-refractivity contribution in [3.63, 3.8) is 0 Å². The van der Waals surface area contributed by atoms with Gasteiger partial charge in [-0.3, -0.25) is 24.2 Å². The van der Waals surface area contributed by atoms with Gasteiger partial charge in [-0.15, -0.1) is 11.3 Å². The van der Waals surface area contributed by atoms with Gasteiger partial charge in [-0.1, -0.05) is 0 Å². The summed E-state index contributed by atoms with van der Waals surface area (Å²) in [4.78, 5) is 49.4. The van der Waals surface area contributed by atoms with Crippen LogP contribution in [0.25, 0.3) is 22.6 Å². The molecular weight excluding hydrogens is 520 g/mol. The zero-order valence-corrected chi connectivity index (χ0v) is 22.9. The number of rotatable bonds is 9. The van der Waals surface area contributed by atoms with Gasteiger partial charge in [-0.2, -0.15) is 0 Å². The second-order valence-electron chi connectivity index (χ2n) is 10.2. The maximum atomic E-state index is 13.4. The van der Waals surface area contributed by atoms with E-state index >= 15 is 0 Å². The van der Waals surface area contributed by atoms with E-state index < -0.39 is 11.9 Å². The molecule has 206 valence electrons. The molecule has 2 saturated heterocycles. The summed E-state index contributed by atoms with van der Waals surface area (Å²) in [5.41, 5.74) is 2.18. The van der Waals surface area contributed by atoms with Gasteiger partial charge in [0, 0.05) is 61.8 Å². The number of thiazole rings is 1. The van der Waals surface area contributed by atoms with Crippen LogP contribution < -0.4 is 9.80 Å². The molecule has 2 amide bonds. The molecule has 0 bridgehead atoms. The van der Waals surface area contributed by atoms with E-state index in [1.165, 1.54) is 16.2 Å². The van der Waals surface area contributed by atoms with Crippen LogP contribution in [0.5, 0.6) is 0 Å². The van der Waals surface area contributed by atoms with Crippen molar-refractivity contribution >= 4 is 40.1 Å². The Kier molecular flexibility index (Phi) is 8.08. The molecule has 0 aliphatic carbocycles. The van der Waals surface area contributed by atoms with Gasteiger partial charge in [-0.05, 0) is 56.7 Å². The van der Waals surface area contributed by atoms with E-state index in [0.29, 0.717) is 60.8 Å². The van der Waals surface area contributed by atoms with Crippen LogP contribution in [-0.4, -0.2) is 59.7 Å². The highest BCUT2D eigenvalue weighted by Crippen LogP contribution is 2.38. The second-order valence-corrected chi connectivity index (χ2v) is 11.0. The number of aryl methyl sites for hydroxylation is 1. The van der Waals surface area contributed by atoms with Crippen LogP contribution in [0.2, 0.25) is 0 Å². The quantitative estimate of drug-likeness (QED) is 0.402. The molecule has 11 heteroatoms. The fraction of sp³-hybridized carbons (Fsp3) is 0.464. The Morgan fingerprint density at radius 2 is 2.08 bits per heavy atom. The third-order valence-electron chi connectivity index (χ3n) is 7.33. The lowest BCUT2D eigenvalue weighted by atomic mass is 9.86. The van der Waals surface area contributed by atoms with Gasteiger partial charge in [0.05, 0.1) is 12.1 Å². The largest absolute Gasteiger partial charge is 0.481 e. The Bertz CT molecular complexity index is 1340. The molecule has 2 aliphatic rings. The summed E-state index contributed by atoms with van der Waals surface area (Å²) in [5.74, 6) is 0.430. The number of hydrogen-bond acceptors (Lipinski definition) is 8. The van der Waals surface area contributed by atoms with E-state index in [2.05, 4.69) is 4.98 Å². The normalized spacial score (nSPS) is 17.0. The van der Waals surface area contributed by atoms with Crippen LogP contribution in [0.15, 0.2) is 34.2 Å². The van der Waals surface area contributed by atoms with E-state index in [0.717, 1.165) is 30.4 Å². The SMILES string of the molecule is Cc1cc(-c2csc(N(C)C(=O)C(CC(=O)O)CC3CCOCC3)n2)c(-c2ccc(N3CCCC3=O)nc2)o1. The first-order valence-electron chi connectivity index (χ1n) is 13.2. The highest BCUT2D eigenvalue weighted by Gasteiger charge is 2.31. The van der Waals surface area contributed by atoms with Gasteiger partial charge >= 0.3 is 5.97 Å². The zero-order chi connectivity index (χ0) is 27.5. The number of aliphatic carboxylic acids is 1. The first kappa shape index (κ1) is 27.0. The summed E-state index contributed by atoms with van der Waals surface area (Å²) in [5, 5.41) is 11.8. The number of carbonyl (C=O) groups excluding carboxylic acids is 2. The van der Waals surface area contributed by atoms with Crippen molar-refractivity contribution in [2.45, 2.75) is 45.4 Å². The number of carboxylic acid groups (broad SMARTS) is 1. The molecule has 39 heavy (non-hydrogen) atoms. The molecule has 1 atom stereocenters. The number of aromatic nitrogens is 2. The zero-order valence-electron chi connectivity index (χ0n) is 22.1. The van der Waals surface area contributed by atoms with Crippen molar-refractivity contribution in [2.75, 3.05) is 36.6 Å². The van der Waals surface area contributed by atoms with Crippen molar-refractivity contribution in [1.82, 2.24) is 9.97 Å². The van der Waals surface area contributed by atoms with E-state index in [1.54, 1.807) is 18.1 Å². The predicted molar refractivity (Wildman–Crippen MR) is 147 cm³/mol. The Labute approximate surface area is 230 Å². The molecule has 5 heterocycles. The Morgan fingerprint density at radius 3 is 2.74 bits per heavy atom. The molecule has 0 spiro atoms. The molecule has 1 N–H and O–H groups in total. The number of anilines is 2. The summed E-state index contributed by atoms with van der Waals surface area (Å²) < 4.78 is 11.4. The summed E-state index contributed by atoms with van der Waals surface area (Å²) >= 11 is 1.32. The fourth-order valence-electron chi connectivity index (χ4n) is 5.27. The van der Waals surface area contributed by atoms with Crippen LogP contribution in [0.3, 0.4) is 0 Å². The smallest absolute Gasteiger partial charge is 0.304 e. The minimum absolute atomic E-state index is 0.0804. The van der Waals surface area contributed by atoms with Crippen molar-refractivity contribution in [2.24, 2.45) is 11.8 Å². The van der Waals surface area contributed by atoms with Gasteiger partial charge < -0.3 is 14.3 Å². The van der Waals surface area contributed by atoms with Crippen LogP contribution in [0.4, 0.5) is 10.9 Å². The van der Waals surface area contributed by atoms with E-state index in [1.807, 2.05) is 30.5 Å². The number of carbonyl (C=O) groups is 3. The van der Waals surface area contributed by atoms with Gasteiger partial charge in [0.1, 0.15) is 17.3 Å². The molecule has 3 aromatic rings. The molecule has 0 aromatic carbocycles. The number of furan rings is 1. The second kappa shape index (κ2) is 11.7. The van der Waals surface area contributed by atoms with Crippen LogP contribution >= 0.6 is 11.3 Å². The first-order chi connectivity index (χ1) is 18.8. The molecule has 2 aliphatic heterocycles. The predicted octanol–water partition coefficient (Wildman–Crippen LogP) is 4.77. The average molecular weight is 553 g/mol. The number of ether oxygens (including phenoxy) is 1. The summed E-state index contributed by atoms with van der Waals surface area (Å²) in [6.45, 7) is 3.82. The Morgan fingerprint density at radius 1 is 1.28 bits per heavy atom. The van der Waals surface area contributed by atoms with Gasteiger partial charge in [0.25, 0.3) is 0 Å². The van der Waals surface area contributed by atoms with E-state index in [4.69, 9.17) is 14.1 Å². The molecule has 2 fully saturated rings. The lowest BCUT2D eigenvalue weighted by Gasteiger charge is -2.27. The Balaban J connectivity index is 1.35. The fourth-order valence-corrected chi connectivity index (χ4v) is 6.06. The molecule has 0 radical (unpaired) electrons. The van der Waals surface area contributed by atoms with Crippen molar-refractivity contribution in [3.8, 4) is 22.6 Å².